The second-order valence-electron chi connectivity index (χ2n) is 4.43. The molecule has 5 heteroatoms. The van der Waals surface area contributed by atoms with Crippen molar-refractivity contribution < 1.29 is 10.3 Å². The lowest BCUT2D eigenvalue weighted by molar-refractivity contribution is 0.233. The maximum absolute atomic E-state index is 8.97. The standard InChI is InChI=1S/C11H25N3O2/c1-4-9(7-11(12)14-16)13-10(5-6-15)8(2)3/h8-10,13,15-16H,4-7H2,1-3H3,(H2,12,14). The Bertz CT molecular complexity index is 207. The maximum atomic E-state index is 8.97. The van der Waals surface area contributed by atoms with Crippen LogP contribution >= 0.6 is 0 Å². The highest BCUT2D eigenvalue weighted by Gasteiger charge is 2.17. The molecule has 2 atom stereocenters. The predicted molar refractivity (Wildman–Crippen MR) is 65.6 cm³/mol. The van der Waals surface area contributed by atoms with E-state index in [1.54, 1.807) is 0 Å². The second kappa shape index (κ2) is 8.35. The summed E-state index contributed by atoms with van der Waals surface area (Å²) in [5, 5.41) is 23.9. The Morgan fingerprint density at radius 1 is 1.44 bits per heavy atom. The summed E-state index contributed by atoms with van der Waals surface area (Å²) in [5.41, 5.74) is 5.49. The zero-order valence-electron chi connectivity index (χ0n) is 10.5. The van der Waals surface area contributed by atoms with Crippen molar-refractivity contribution >= 4 is 5.84 Å². The molecular weight excluding hydrogens is 206 g/mol. The van der Waals surface area contributed by atoms with Crippen LogP contribution in [0.3, 0.4) is 0 Å². The van der Waals surface area contributed by atoms with Crippen molar-refractivity contribution in [1.82, 2.24) is 5.32 Å². The number of nitrogens with one attached hydrogen (secondary N) is 1. The van der Waals surface area contributed by atoms with Crippen LogP contribution in [0.25, 0.3) is 0 Å². The number of aliphatic hydroxyl groups excluding tert-OH is 1. The third kappa shape index (κ3) is 5.92. The van der Waals surface area contributed by atoms with Crippen LogP contribution in [-0.4, -0.2) is 34.8 Å². The summed E-state index contributed by atoms with van der Waals surface area (Å²) in [7, 11) is 0. The Morgan fingerprint density at radius 2 is 2.06 bits per heavy atom. The predicted octanol–water partition coefficient (Wildman–Crippen LogP) is 0.898. The molecule has 0 spiro atoms. The molecule has 5 N–H and O–H groups in total. The fraction of sp³-hybridized carbons (Fsp3) is 0.909. The Hall–Kier alpha value is -0.810. The molecule has 0 aromatic heterocycles. The van der Waals surface area contributed by atoms with Crippen molar-refractivity contribution in [2.45, 2.75) is 52.1 Å². The van der Waals surface area contributed by atoms with E-state index >= 15 is 0 Å². The van der Waals surface area contributed by atoms with Gasteiger partial charge >= 0.3 is 0 Å². The van der Waals surface area contributed by atoms with Gasteiger partial charge in [0, 0.05) is 25.1 Å². The lowest BCUT2D eigenvalue weighted by Gasteiger charge is -2.27. The number of nitrogens with zero attached hydrogens (tertiary/aromatic N) is 1. The molecule has 0 saturated heterocycles. The summed E-state index contributed by atoms with van der Waals surface area (Å²) in [6, 6.07) is 0.455. The fourth-order valence-corrected chi connectivity index (χ4v) is 1.67. The van der Waals surface area contributed by atoms with Crippen molar-refractivity contribution in [2.24, 2.45) is 16.8 Å². The van der Waals surface area contributed by atoms with Gasteiger partial charge in [0.05, 0.1) is 0 Å². The van der Waals surface area contributed by atoms with Gasteiger partial charge in [-0.25, -0.2) is 0 Å². The van der Waals surface area contributed by atoms with Gasteiger partial charge in [0.15, 0.2) is 0 Å². The lowest BCUT2D eigenvalue weighted by atomic mass is 9.99. The molecule has 0 aliphatic heterocycles. The molecule has 2 unspecified atom stereocenters. The van der Waals surface area contributed by atoms with Gasteiger partial charge in [-0.05, 0) is 18.8 Å². The monoisotopic (exact) mass is 231 g/mol. The van der Waals surface area contributed by atoms with E-state index in [9.17, 15) is 0 Å². The number of hydrogen-bond donors (Lipinski definition) is 4. The summed E-state index contributed by atoms with van der Waals surface area (Å²) >= 11 is 0. The van der Waals surface area contributed by atoms with E-state index in [2.05, 4.69) is 31.2 Å². The van der Waals surface area contributed by atoms with E-state index in [1.165, 1.54) is 0 Å². The van der Waals surface area contributed by atoms with Gasteiger partial charge in [-0.15, -0.1) is 0 Å². The molecule has 0 fully saturated rings. The van der Waals surface area contributed by atoms with Crippen LogP contribution in [0, 0.1) is 5.92 Å². The number of aliphatic hydroxyl groups is 1. The second-order valence-corrected chi connectivity index (χ2v) is 4.43. The van der Waals surface area contributed by atoms with Gasteiger partial charge in [-0.3, -0.25) is 0 Å². The van der Waals surface area contributed by atoms with Crippen molar-refractivity contribution in [3.8, 4) is 0 Å². The van der Waals surface area contributed by atoms with Crippen LogP contribution in [0.4, 0.5) is 0 Å². The lowest BCUT2D eigenvalue weighted by Crippen LogP contribution is -2.43. The molecule has 0 aliphatic carbocycles. The number of rotatable bonds is 8. The van der Waals surface area contributed by atoms with E-state index in [-0.39, 0.29) is 24.5 Å². The molecule has 0 radical (unpaired) electrons. The molecule has 0 heterocycles. The van der Waals surface area contributed by atoms with Gasteiger partial charge in [-0.2, -0.15) is 0 Å². The molecule has 16 heavy (non-hydrogen) atoms. The molecule has 5 nitrogen and oxygen atoms in total. The molecular formula is C11H25N3O2. The molecule has 0 bridgehead atoms. The highest BCUT2D eigenvalue weighted by molar-refractivity contribution is 5.80. The van der Waals surface area contributed by atoms with Crippen molar-refractivity contribution in [3.63, 3.8) is 0 Å². The first kappa shape index (κ1) is 15.2. The quantitative estimate of drug-likeness (QED) is 0.216. The topological polar surface area (TPSA) is 90.9 Å². The summed E-state index contributed by atoms with van der Waals surface area (Å²) in [6.07, 6.45) is 2.16. The summed E-state index contributed by atoms with van der Waals surface area (Å²) in [5.74, 6) is 0.694. The van der Waals surface area contributed by atoms with Gasteiger partial charge < -0.3 is 21.4 Å². The SMILES string of the molecule is CCC(CC(N)=NO)NC(CCO)C(C)C. The van der Waals surface area contributed by atoms with Gasteiger partial charge in [-0.1, -0.05) is 25.9 Å². The third-order valence-corrected chi connectivity index (χ3v) is 2.77. The van der Waals surface area contributed by atoms with Crippen molar-refractivity contribution in [3.05, 3.63) is 0 Å². The molecule has 0 aromatic rings. The largest absolute Gasteiger partial charge is 0.409 e. The first-order chi connectivity index (χ1) is 7.54. The van der Waals surface area contributed by atoms with Gasteiger partial charge in [0.25, 0.3) is 0 Å². The average molecular weight is 231 g/mol. The first-order valence-corrected chi connectivity index (χ1v) is 5.88. The van der Waals surface area contributed by atoms with Gasteiger partial charge in [0.1, 0.15) is 5.84 Å². The van der Waals surface area contributed by atoms with Crippen LogP contribution in [0.1, 0.15) is 40.0 Å². The van der Waals surface area contributed by atoms with E-state index in [4.69, 9.17) is 16.0 Å². The fourth-order valence-electron chi connectivity index (χ4n) is 1.67. The van der Waals surface area contributed by atoms with E-state index in [0.717, 1.165) is 12.8 Å². The van der Waals surface area contributed by atoms with Crippen LogP contribution in [-0.2, 0) is 0 Å². The number of oxime groups is 1. The Balaban J connectivity index is 4.25. The first-order valence-electron chi connectivity index (χ1n) is 5.88. The molecule has 0 amide bonds. The molecule has 96 valence electrons. The van der Waals surface area contributed by atoms with Gasteiger partial charge in [0.2, 0.25) is 0 Å². The zero-order chi connectivity index (χ0) is 12.6. The summed E-state index contributed by atoms with van der Waals surface area (Å²) in [4.78, 5) is 0. The minimum atomic E-state index is 0.176. The highest BCUT2D eigenvalue weighted by atomic mass is 16.4. The number of nitrogens with two attached hydrogens (primary N) is 1. The number of hydrogen-bond acceptors (Lipinski definition) is 4. The summed E-state index contributed by atoms with van der Waals surface area (Å²) < 4.78 is 0. The minimum Gasteiger partial charge on any atom is -0.409 e. The molecule has 0 aromatic carbocycles. The van der Waals surface area contributed by atoms with Crippen LogP contribution in [0.2, 0.25) is 0 Å². The molecule has 0 rings (SSSR count). The van der Waals surface area contributed by atoms with Crippen LogP contribution in [0.5, 0.6) is 0 Å². The smallest absolute Gasteiger partial charge is 0.140 e. The Labute approximate surface area is 97.7 Å². The summed E-state index contributed by atoms with van der Waals surface area (Å²) in [6.45, 7) is 6.46. The Kier molecular flexibility index (Phi) is 7.93. The number of amidine groups is 1. The third-order valence-electron chi connectivity index (χ3n) is 2.77. The molecule has 0 aliphatic rings. The van der Waals surface area contributed by atoms with E-state index in [1.807, 2.05) is 0 Å². The zero-order valence-corrected chi connectivity index (χ0v) is 10.5. The van der Waals surface area contributed by atoms with Crippen molar-refractivity contribution in [2.75, 3.05) is 6.61 Å². The van der Waals surface area contributed by atoms with Crippen LogP contribution < -0.4 is 11.1 Å². The minimum absolute atomic E-state index is 0.176. The normalized spacial score (nSPS) is 16.4. The van der Waals surface area contributed by atoms with E-state index < -0.39 is 0 Å². The van der Waals surface area contributed by atoms with Crippen molar-refractivity contribution in [1.29, 1.82) is 0 Å². The molecule has 0 saturated carbocycles. The van der Waals surface area contributed by atoms with Crippen LogP contribution in [0.15, 0.2) is 5.16 Å². The maximum Gasteiger partial charge on any atom is 0.140 e. The van der Waals surface area contributed by atoms with E-state index in [0.29, 0.717) is 12.3 Å². The Morgan fingerprint density at radius 3 is 2.44 bits per heavy atom. The average Bonchev–Trinajstić information content (AvgIpc) is 2.26. The highest BCUT2D eigenvalue weighted by Crippen LogP contribution is 2.09.